The SMILES string of the molecule is COc1ccc(C(=O)O)cc1S(=O)(=O)Nc1cccc(F)c1F. The van der Waals surface area contributed by atoms with Crippen LogP contribution >= 0.6 is 0 Å². The van der Waals surface area contributed by atoms with E-state index in [0.717, 1.165) is 36.4 Å². The largest absolute Gasteiger partial charge is 0.495 e. The fraction of sp³-hybridized carbons (Fsp3) is 0.0714. The Morgan fingerprint density at radius 1 is 1.22 bits per heavy atom. The van der Waals surface area contributed by atoms with Gasteiger partial charge in [0.1, 0.15) is 10.6 Å². The highest BCUT2D eigenvalue weighted by atomic mass is 32.2. The summed E-state index contributed by atoms with van der Waals surface area (Å²) >= 11 is 0. The average Bonchev–Trinajstić information content (AvgIpc) is 2.51. The summed E-state index contributed by atoms with van der Waals surface area (Å²) in [5, 5.41) is 8.94. The predicted octanol–water partition coefficient (Wildman–Crippen LogP) is 2.47. The molecule has 122 valence electrons. The van der Waals surface area contributed by atoms with Gasteiger partial charge in [0.25, 0.3) is 10.0 Å². The molecule has 2 N–H and O–H groups in total. The summed E-state index contributed by atoms with van der Waals surface area (Å²) in [4.78, 5) is 10.5. The van der Waals surface area contributed by atoms with E-state index in [1.807, 2.05) is 4.72 Å². The maximum Gasteiger partial charge on any atom is 0.335 e. The molecule has 0 atom stereocenters. The first-order valence-corrected chi connectivity index (χ1v) is 7.62. The molecule has 0 fully saturated rings. The van der Waals surface area contributed by atoms with Crippen LogP contribution in [0.25, 0.3) is 0 Å². The average molecular weight is 343 g/mol. The van der Waals surface area contributed by atoms with Gasteiger partial charge in [0.15, 0.2) is 11.6 Å². The van der Waals surface area contributed by atoms with Crippen molar-refractivity contribution in [2.75, 3.05) is 11.8 Å². The standard InChI is InChI=1S/C14H11F2NO5S/c1-22-11-6-5-8(14(18)19)7-12(11)23(20,21)17-10-4-2-3-9(15)13(10)16/h2-7,17H,1H3,(H,18,19). The summed E-state index contributed by atoms with van der Waals surface area (Å²) in [5.41, 5.74) is -0.904. The number of halogens is 2. The molecule has 0 aromatic heterocycles. The number of carboxylic acids is 1. The summed E-state index contributed by atoms with van der Waals surface area (Å²) < 4.78 is 58.2. The van der Waals surface area contributed by atoms with E-state index in [2.05, 4.69) is 0 Å². The van der Waals surface area contributed by atoms with E-state index in [-0.39, 0.29) is 11.3 Å². The van der Waals surface area contributed by atoms with Crippen molar-refractivity contribution in [1.29, 1.82) is 0 Å². The molecule has 9 heteroatoms. The van der Waals surface area contributed by atoms with Crippen LogP contribution in [-0.2, 0) is 10.0 Å². The van der Waals surface area contributed by atoms with Crippen molar-refractivity contribution in [3.63, 3.8) is 0 Å². The second kappa shape index (κ2) is 6.21. The molecule has 0 aliphatic carbocycles. The molecule has 0 heterocycles. The second-order valence-electron chi connectivity index (χ2n) is 4.38. The number of methoxy groups -OCH3 is 1. The molecule has 0 bridgehead atoms. The van der Waals surface area contributed by atoms with Gasteiger partial charge in [-0.15, -0.1) is 0 Å². The summed E-state index contributed by atoms with van der Waals surface area (Å²) in [6, 6.07) is 6.16. The molecule has 6 nitrogen and oxygen atoms in total. The number of benzene rings is 2. The maximum atomic E-state index is 13.6. The molecule has 2 aromatic carbocycles. The normalized spacial score (nSPS) is 11.1. The van der Waals surface area contributed by atoms with Crippen LogP contribution in [0.1, 0.15) is 10.4 Å². The minimum absolute atomic E-state index is 0.140. The third-order valence-electron chi connectivity index (χ3n) is 2.90. The van der Waals surface area contributed by atoms with Crippen molar-refractivity contribution in [3.8, 4) is 5.75 Å². The zero-order valence-electron chi connectivity index (χ0n) is 11.7. The summed E-state index contributed by atoms with van der Waals surface area (Å²) in [6.07, 6.45) is 0. The zero-order chi connectivity index (χ0) is 17.2. The van der Waals surface area contributed by atoms with Gasteiger partial charge in [-0.2, -0.15) is 0 Å². The Bertz CT molecular complexity index is 867. The molecule has 0 aliphatic rings. The fourth-order valence-corrected chi connectivity index (χ4v) is 3.06. The van der Waals surface area contributed by atoms with Crippen LogP contribution in [0.2, 0.25) is 0 Å². The van der Waals surface area contributed by atoms with E-state index in [0.29, 0.717) is 0 Å². The van der Waals surface area contributed by atoms with Crippen LogP contribution in [-0.4, -0.2) is 26.6 Å². The number of rotatable bonds is 5. The lowest BCUT2D eigenvalue weighted by Crippen LogP contribution is -2.16. The van der Waals surface area contributed by atoms with E-state index in [1.165, 1.54) is 7.11 Å². The topological polar surface area (TPSA) is 92.7 Å². The van der Waals surface area contributed by atoms with E-state index < -0.39 is 38.2 Å². The lowest BCUT2D eigenvalue weighted by atomic mass is 10.2. The lowest BCUT2D eigenvalue weighted by Gasteiger charge is -2.13. The highest BCUT2D eigenvalue weighted by Crippen LogP contribution is 2.28. The molecular weight excluding hydrogens is 332 g/mol. The first kappa shape index (κ1) is 16.7. The van der Waals surface area contributed by atoms with Gasteiger partial charge < -0.3 is 9.84 Å². The zero-order valence-corrected chi connectivity index (χ0v) is 12.5. The van der Waals surface area contributed by atoms with Crippen LogP contribution in [0.4, 0.5) is 14.5 Å². The number of carbonyl (C=O) groups is 1. The monoisotopic (exact) mass is 343 g/mol. The Morgan fingerprint density at radius 2 is 1.91 bits per heavy atom. The molecule has 2 aromatic rings. The lowest BCUT2D eigenvalue weighted by molar-refractivity contribution is 0.0696. The third kappa shape index (κ3) is 3.39. The summed E-state index contributed by atoms with van der Waals surface area (Å²) in [6.45, 7) is 0. The van der Waals surface area contributed by atoms with Crippen LogP contribution in [0, 0.1) is 11.6 Å². The number of hydrogen-bond donors (Lipinski definition) is 2. The second-order valence-corrected chi connectivity index (χ2v) is 6.03. The van der Waals surface area contributed by atoms with Crippen molar-refractivity contribution in [3.05, 3.63) is 53.6 Å². The number of nitrogens with one attached hydrogen (secondary N) is 1. The van der Waals surface area contributed by atoms with Gasteiger partial charge in [-0.1, -0.05) is 6.07 Å². The molecule has 0 saturated heterocycles. The number of ether oxygens (including phenoxy) is 1. The molecule has 0 amide bonds. The van der Waals surface area contributed by atoms with Gasteiger partial charge in [-0.3, -0.25) is 4.72 Å². The summed E-state index contributed by atoms with van der Waals surface area (Å²) in [5.74, 6) is -4.08. The molecule has 2 rings (SSSR count). The minimum atomic E-state index is -4.40. The van der Waals surface area contributed by atoms with Crippen molar-refractivity contribution in [2.45, 2.75) is 4.90 Å². The first-order valence-electron chi connectivity index (χ1n) is 6.14. The van der Waals surface area contributed by atoms with E-state index in [9.17, 15) is 22.0 Å². The Kier molecular flexibility index (Phi) is 4.50. The van der Waals surface area contributed by atoms with Crippen molar-refractivity contribution in [1.82, 2.24) is 0 Å². The van der Waals surface area contributed by atoms with Crippen molar-refractivity contribution >= 4 is 21.7 Å². The molecule has 0 aliphatic heterocycles. The van der Waals surface area contributed by atoms with E-state index in [1.54, 1.807) is 0 Å². The molecule has 0 unspecified atom stereocenters. The van der Waals surface area contributed by atoms with Crippen LogP contribution in [0.5, 0.6) is 5.75 Å². The molecular formula is C14H11F2NO5S. The quantitative estimate of drug-likeness (QED) is 0.870. The Hall–Kier alpha value is -2.68. The van der Waals surface area contributed by atoms with E-state index in [4.69, 9.17) is 9.84 Å². The van der Waals surface area contributed by atoms with E-state index >= 15 is 0 Å². The van der Waals surface area contributed by atoms with Gasteiger partial charge in [-0.05, 0) is 30.3 Å². The Labute approximate surface area is 130 Å². The number of sulfonamides is 1. The van der Waals surface area contributed by atoms with Crippen LogP contribution in [0.15, 0.2) is 41.3 Å². The molecule has 0 radical (unpaired) electrons. The maximum absolute atomic E-state index is 13.6. The molecule has 23 heavy (non-hydrogen) atoms. The third-order valence-corrected chi connectivity index (χ3v) is 4.28. The van der Waals surface area contributed by atoms with Gasteiger partial charge in [0.05, 0.1) is 18.4 Å². The molecule has 0 spiro atoms. The van der Waals surface area contributed by atoms with Gasteiger partial charge in [0.2, 0.25) is 0 Å². The summed E-state index contributed by atoms with van der Waals surface area (Å²) in [7, 11) is -3.20. The van der Waals surface area contributed by atoms with Gasteiger partial charge in [0, 0.05) is 0 Å². The highest BCUT2D eigenvalue weighted by Gasteiger charge is 2.23. The fourth-order valence-electron chi connectivity index (χ4n) is 1.80. The van der Waals surface area contributed by atoms with Crippen molar-refractivity contribution < 1.29 is 31.8 Å². The van der Waals surface area contributed by atoms with Crippen LogP contribution in [0.3, 0.4) is 0 Å². The number of carboxylic acid groups (broad SMARTS) is 1. The number of aromatic carboxylic acids is 1. The Balaban J connectivity index is 2.53. The van der Waals surface area contributed by atoms with Gasteiger partial charge in [-0.25, -0.2) is 22.0 Å². The number of hydrogen-bond acceptors (Lipinski definition) is 4. The number of anilines is 1. The Morgan fingerprint density at radius 3 is 2.52 bits per heavy atom. The smallest absolute Gasteiger partial charge is 0.335 e. The van der Waals surface area contributed by atoms with Crippen molar-refractivity contribution in [2.24, 2.45) is 0 Å². The highest BCUT2D eigenvalue weighted by molar-refractivity contribution is 7.92. The predicted molar refractivity (Wildman–Crippen MR) is 77.1 cm³/mol. The molecule has 0 saturated carbocycles. The first-order chi connectivity index (χ1) is 10.8. The van der Waals surface area contributed by atoms with Gasteiger partial charge >= 0.3 is 5.97 Å². The van der Waals surface area contributed by atoms with Crippen LogP contribution < -0.4 is 9.46 Å². The minimum Gasteiger partial charge on any atom is -0.495 e.